The number of hydrogen-bond donors (Lipinski definition) is 2. The lowest BCUT2D eigenvalue weighted by Crippen LogP contribution is -2.16. The Balaban J connectivity index is 2.17. The molecule has 2 amide bonds. The summed E-state index contributed by atoms with van der Waals surface area (Å²) in [5.74, 6) is -0.140. The van der Waals surface area contributed by atoms with Crippen LogP contribution in [0.4, 0.5) is 16.2 Å². The summed E-state index contributed by atoms with van der Waals surface area (Å²) in [6.45, 7) is 7.99. The zero-order valence-corrected chi connectivity index (χ0v) is 15.2. The molecule has 128 valence electrons. The molecule has 0 aliphatic carbocycles. The van der Waals surface area contributed by atoms with E-state index in [1.54, 1.807) is 19.1 Å². The molecular formula is C18H22N2O3S. The van der Waals surface area contributed by atoms with Crippen molar-refractivity contribution in [3.63, 3.8) is 0 Å². The second kappa shape index (κ2) is 7.97. The third-order valence-electron chi connectivity index (χ3n) is 3.66. The van der Waals surface area contributed by atoms with Crippen LogP contribution < -0.4 is 10.6 Å². The van der Waals surface area contributed by atoms with Gasteiger partial charge in [-0.1, -0.05) is 13.0 Å². The van der Waals surface area contributed by atoms with E-state index in [1.165, 1.54) is 16.2 Å². The van der Waals surface area contributed by atoms with Gasteiger partial charge in [-0.05, 0) is 56.5 Å². The number of nitrogens with one attached hydrogen (secondary N) is 2. The SMILES string of the molecule is CCOC(=O)Nc1cccc(NC(=O)c2cc(C)c(CC)s2)c1C. The van der Waals surface area contributed by atoms with E-state index in [0.29, 0.717) is 22.9 Å². The highest BCUT2D eigenvalue weighted by Crippen LogP contribution is 2.26. The van der Waals surface area contributed by atoms with Crippen LogP contribution in [0.15, 0.2) is 24.3 Å². The molecule has 0 bridgehead atoms. The summed E-state index contributed by atoms with van der Waals surface area (Å²) in [6.07, 6.45) is 0.410. The molecule has 1 heterocycles. The number of benzene rings is 1. The van der Waals surface area contributed by atoms with E-state index in [9.17, 15) is 9.59 Å². The van der Waals surface area contributed by atoms with Crippen LogP contribution >= 0.6 is 11.3 Å². The monoisotopic (exact) mass is 346 g/mol. The Hall–Kier alpha value is -2.34. The fourth-order valence-electron chi connectivity index (χ4n) is 2.35. The molecule has 0 unspecified atom stereocenters. The second-order valence-corrected chi connectivity index (χ2v) is 6.48. The van der Waals surface area contributed by atoms with Crippen LogP contribution in [0, 0.1) is 13.8 Å². The van der Waals surface area contributed by atoms with E-state index in [2.05, 4.69) is 17.6 Å². The molecule has 6 heteroatoms. The lowest BCUT2D eigenvalue weighted by Gasteiger charge is -2.13. The van der Waals surface area contributed by atoms with Gasteiger partial charge in [-0.3, -0.25) is 10.1 Å². The predicted molar refractivity (Wildman–Crippen MR) is 98.2 cm³/mol. The van der Waals surface area contributed by atoms with Crippen molar-refractivity contribution < 1.29 is 14.3 Å². The smallest absolute Gasteiger partial charge is 0.411 e. The van der Waals surface area contributed by atoms with E-state index in [0.717, 1.165) is 17.5 Å². The van der Waals surface area contributed by atoms with E-state index in [-0.39, 0.29) is 5.91 Å². The van der Waals surface area contributed by atoms with Gasteiger partial charge in [-0.15, -0.1) is 11.3 Å². The zero-order chi connectivity index (χ0) is 17.7. The third kappa shape index (κ3) is 4.14. The first kappa shape index (κ1) is 18.0. The Morgan fingerprint density at radius 3 is 2.38 bits per heavy atom. The zero-order valence-electron chi connectivity index (χ0n) is 14.4. The van der Waals surface area contributed by atoms with Gasteiger partial charge in [0.15, 0.2) is 0 Å². The van der Waals surface area contributed by atoms with E-state index < -0.39 is 6.09 Å². The summed E-state index contributed by atoms with van der Waals surface area (Å²) in [4.78, 5) is 25.9. The molecule has 2 N–H and O–H groups in total. The summed E-state index contributed by atoms with van der Waals surface area (Å²) in [5, 5.41) is 5.59. The molecule has 0 spiro atoms. The maximum absolute atomic E-state index is 12.5. The molecule has 0 saturated carbocycles. The predicted octanol–water partition coefficient (Wildman–Crippen LogP) is 4.75. The molecule has 1 aromatic carbocycles. The first-order chi connectivity index (χ1) is 11.5. The van der Waals surface area contributed by atoms with Crippen molar-refractivity contribution in [2.24, 2.45) is 0 Å². The van der Waals surface area contributed by atoms with Crippen LogP contribution in [0.2, 0.25) is 0 Å². The average Bonchev–Trinajstić information content (AvgIpc) is 2.92. The summed E-state index contributed by atoms with van der Waals surface area (Å²) < 4.78 is 4.88. The number of carbonyl (C=O) groups excluding carboxylic acids is 2. The highest BCUT2D eigenvalue weighted by atomic mass is 32.1. The molecule has 2 aromatic rings. The van der Waals surface area contributed by atoms with Crippen molar-refractivity contribution in [2.75, 3.05) is 17.2 Å². The molecule has 1 aromatic heterocycles. The van der Waals surface area contributed by atoms with Crippen molar-refractivity contribution >= 4 is 34.7 Å². The van der Waals surface area contributed by atoms with Crippen molar-refractivity contribution in [2.45, 2.75) is 34.1 Å². The van der Waals surface area contributed by atoms with Crippen molar-refractivity contribution in [1.82, 2.24) is 0 Å². The van der Waals surface area contributed by atoms with Crippen molar-refractivity contribution in [3.05, 3.63) is 45.1 Å². The Morgan fingerprint density at radius 2 is 1.79 bits per heavy atom. The third-order valence-corrected chi connectivity index (χ3v) is 5.04. The molecule has 0 saturated heterocycles. The highest BCUT2D eigenvalue weighted by molar-refractivity contribution is 7.14. The fourth-order valence-corrected chi connectivity index (χ4v) is 3.36. The molecule has 24 heavy (non-hydrogen) atoms. The van der Waals surface area contributed by atoms with Crippen LogP contribution in [0.5, 0.6) is 0 Å². The van der Waals surface area contributed by atoms with Gasteiger partial charge < -0.3 is 10.1 Å². The van der Waals surface area contributed by atoms with Crippen LogP contribution in [-0.4, -0.2) is 18.6 Å². The number of thiophene rings is 1. The maximum atomic E-state index is 12.5. The quantitative estimate of drug-likeness (QED) is 0.821. The van der Waals surface area contributed by atoms with Gasteiger partial charge in [0.25, 0.3) is 5.91 Å². The lowest BCUT2D eigenvalue weighted by molar-refractivity contribution is 0.103. The first-order valence-electron chi connectivity index (χ1n) is 7.90. The highest BCUT2D eigenvalue weighted by Gasteiger charge is 2.14. The lowest BCUT2D eigenvalue weighted by atomic mass is 10.1. The minimum atomic E-state index is -0.509. The number of hydrogen-bond acceptors (Lipinski definition) is 4. The number of aryl methyl sites for hydroxylation is 2. The molecule has 2 rings (SSSR count). The van der Waals surface area contributed by atoms with Crippen LogP contribution in [0.25, 0.3) is 0 Å². The Labute approximate surface area is 146 Å². The van der Waals surface area contributed by atoms with E-state index in [4.69, 9.17) is 4.74 Å². The molecule has 5 nitrogen and oxygen atoms in total. The summed E-state index contributed by atoms with van der Waals surface area (Å²) in [6, 6.07) is 7.27. The molecule has 0 atom stereocenters. The summed E-state index contributed by atoms with van der Waals surface area (Å²) in [5.41, 5.74) is 3.20. The van der Waals surface area contributed by atoms with Crippen LogP contribution in [0.1, 0.15) is 39.5 Å². The molecular weight excluding hydrogens is 324 g/mol. The minimum Gasteiger partial charge on any atom is -0.450 e. The van der Waals surface area contributed by atoms with Crippen LogP contribution in [0.3, 0.4) is 0 Å². The largest absolute Gasteiger partial charge is 0.450 e. The second-order valence-electron chi connectivity index (χ2n) is 5.35. The van der Waals surface area contributed by atoms with Gasteiger partial charge in [0.2, 0.25) is 0 Å². The number of rotatable bonds is 5. The van der Waals surface area contributed by atoms with Gasteiger partial charge in [0.1, 0.15) is 0 Å². The maximum Gasteiger partial charge on any atom is 0.411 e. The van der Waals surface area contributed by atoms with Gasteiger partial charge in [-0.2, -0.15) is 0 Å². The fraction of sp³-hybridized carbons (Fsp3) is 0.333. The first-order valence-corrected chi connectivity index (χ1v) is 8.71. The summed E-state index contributed by atoms with van der Waals surface area (Å²) in [7, 11) is 0. The Bertz CT molecular complexity index is 753. The van der Waals surface area contributed by atoms with Crippen LogP contribution in [-0.2, 0) is 11.2 Å². The summed E-state index contributed by atoms with van der Waals surface area (Å²) >= 11 is 1.51. The minimum absolute atomic E-state index is 0.140. The van der Waals surface area contributed by atoms with Gasteiger partial charge in [0, 0.05) is 16.3 Å². The number of anilines is 2. The van der Waals surface area contributed by atoms with Gasteiger partial charge in [0.05, 0.1) is 11.5 Å². The van der Waals surface area contributed by atoms with E-state index >= 15 is 0 Å². The standard InChI is InChI=1S/C18H22N2O3S/c1-5-15-11(3)10-16(24-15)17(21)19-13-8-7-9-14(12(13)4)20-18(22)23-6-2/h7-10H,5-6H2,1-4H3,(H,19,21)(H,20,22). The number of carbonyl (C=O) groups is 2. The molecule has 0 aliphatic rings. The van der Waals surface area contributed by atoms with Gasteiger partial charge >= 0.3 is 6.09 Å². The topological polar surface area (TPSA) is 67.4 Å². The number of ether oxygens (including phenoxy) is 1. The van der Waals surface area contributed by atoms with E-state index in [1.807, 2.05) is 26.0 Å². The molecule has 0 aliphatic heterocycles. The Morgan fingerprint density at radius 1 is 1.12 bits per heavy atom. The molecule has 0 radical (unpaired) electrons. The van der Waals surface area contributed by atoms with Crippen molar-refractivity contribution in [1.29, 1.82) is 0 Å². The average molecular weight is 346 g/mol. The van der Waals surface area contributed by atoms with Gasteiger partial charge in [-0.25, -0.2) is 4.79 Å². The molecule has 0 fully saturated rings. The normalized spacial score (nSPS) is 10.3. The van der Waals surface area contributed by atoms with Crippen molar-refractivity contribution in [3.8, 4) is 0 Å². The number of amides is 2. The Kier molecular flexibility index (Phi) is 5.98.